The molecule has 0 radical (unpaired) electrons. The molecule has 2 rings (SSSR count). The summed E-state index contributed by atoms with van der Waals surface area (Å²) in [4.78, 5) is 12.5. The Kier molecular flexibility index (Phi) is 4.46. The summed E-state index contributed by atoms with van der Waals surface area (Å²) >= 11 is 4.83. The molecule has 0 unspecified atom stereocenters. The number of nitrogens with one attached hydrogen (secondary N) is 1. The van der Waals surface area contributed by atoms with Crippen molar-refractivity contribution in [2.45, 2.75) is 26.3 Å². The van der Waals surface area contributed by atoms with E-state index in [1.54, 1.807) is 13.2 Å². The van der Waals surface area contributed by atoms with E-state index in [0.29, 0.717) is 18.7 Å². The highest BCUT2D eigenvalue weighted by Gasteiger charge is 2.16. The Balaban J connectivity index is 2.57. The topological polar surface area (TPSA) is 85.9 Å². The number of ether oxygens (including phenoxy) is 1. The molecule has 0 saturated heterocycles. The molecule has 0 amide bonds. The van der Waals surface area contributed by atoms with Gasteiger partial charge in [-0.1, -0.05) is 13.8 Å². The number of rotatable bonds is 5. The summed E-state index contributed by atoms with van der Waals surface area (Å²) in [6.45, 7) is 4.76. The zero-order chi connectivity index (χ0) is 14.7. The van der Waals surface area contributed by atoms with E-state index in [0.717, 1.165) is 5.69 Å². The van der Waals surface area contributed by atoms with Crippen molar-refractivity contribution < 1.29 is 9.15 Å². The highest BCUT2D eigenvalue weighted by atomic mass is 32.1. The van der Waals surface area contributed by atoms with Crippen molar-refractivity contribution >= 4 is 12.2 Å². The average Bonchev–Trinajstić information content (AvgIpc) is 2.83. The van der Waals surface area contributed by atoms with Gasteiger partial charge in [0.15, 0.2) is 0 Å². The Bertz CT molecular complexity index is 701. The van der Waals surface area contributed by atoms with Gasteiger partial charge in [0.05, 0.1) is 18.8 Å². The predicted octanol–water partition coefficient (Wildman–Crippen LogP) is 1.73. The van der Waals surface area contributed by atoms with Gasteiger partial charge in [0, 0.05) is 7.11 Å². The van der Waals surface area contributed by atoms with Gasteiger partial charge in [0.25, 0.3) is 16.3 Å². The second-order valence-corrected chi connectivity index (χ2v) is 4.95. The molecule has 0 bridgehead atoms. The summed E-state index contributed by atoms with van der Waals surface area (Å²) in [6, 6.07) is 1.69. The van der Waals surface area contributed by atoms with Crippen molar-refractivity contribution in [1.29, 1.82) is 0 Å². The first-order valence-electron chi connectivity index (χ1n) is 6.19. The van der Waals surface area contributed by atoms with Crippen LogP contribution < -0.4 is 5.56 Å². The minimum Gasteiger partial charge on any atom is -0.409 e. The van der Waals surface area contributed by atoms with Gasteiger partial charge in [-0.15, -0.1) is 5.10 Å². The van der Waals surface area contributed by atoms with Crippen LogP contribution in [0.2, 0.25) is 0 Å². The van der Waals surface area contributed by atoms with Crippen molar-refractivity contribution in [2.24, 2.45) is 0 Å². The van der Waals surface area contributed by atoms with Crippen LogP contribution in [-0.2, 0) is 11.3 Å². The zero-order valence-electron chi connectivity index (χ0n) is 11.5. The lowest BCUT2D eigenvalue weighted by Crippen LogP contribution is -2.27. The Morgan fingerprint density at radius 3 is 2.85 bits per heavy atom. The van der Waals surface area contributed by atoms with E-state index in [2.05, 4.69) is 15.3 Å². The minimum atomic E-state index is -0.281. The molecule has 8 heteroatoms. The van der Waals surface area contributed by atoms with E-state index in [-0.39, 0.29) is 22.2 Å². The molecule has 0 saturated carbocycles. The van der Waals surface area contributed by atoms with Gasteiger partial charge in [-0.25, -0.2) is 9.78 Å². The van der Waals surface area contributed by atoms with E-state index in [1.165, 1.54) is 4.68 Å². The fourth-order valence-electron chi connectivity index (χ4n) is 1.67. The molecule has 0 aliphatic heterocycles. The molecule has 7 nitrogen and oxygen atoms in total. The first-order valence-corrected chi connectivity index (χ1v) is 6.60. The van der Waals surface area contributed by atoms with Crippen molar-refractivity contribution in [3.8, 4) is 11.5 Å². The molecular weight excluding hydrogens is 280 g/mol. The molecule has 0 spiro atoms. The Morgan fingerprint density at radius 2 is 2.30 bits per heavy atom. The minimum absolute atomic E-state index is 0.130. The first kappa shape index (κ1) is 14.6. The molecule has 0 fully saturated rings. The Labute approximate surface area is 120 Å². The number of nitrogens with zero attached hydrogens (tertiary/aromatic N) is 3. The van der Waals surface area contributed by atoms with Crippen molar-refractivity contribution in [3.63, 3.8) is 0 Å². The van der Waals surface area contributed by atoms with Crippen LogP contribution in [0.15, 0.2) is 15.3 Å². The molecule has 20 heavy (non-hydrogen) atoms. The molecular formula is C12H16N4O3S. The fraction of sp³-hybridized carbons (Fsp3) is 0.500. The largest absolute Gasteiger partial charge is 0.409 e. The molecule has 1 N–H and O–H groups in total. The van der Waals surface area contributed by atoms with Gasteiger partial charge < -0.3 is 9.15 Å². The zero-order valence-corrected chi connectivity index (χ0v) is 12.4. The van der Waals surface area contributed by atoms with Crippen molar-refractivity contribution in [2.75, 3.05) is 13.7 Å². The highest BCUT2D eigenvalue weighted by Crippen LogP contribution is 2.17. The molecule has 0 aliphatic rings. The maximum Gasteiger partial charge on any atom is 0.284 e. The predicted molar refractivity (Wildman–Crippen MR) is 75.1 cm³/mol. The van der Waals surface area contributed by atoms with Crippen LogP contribution in [-0.4, -0.2) is 33.7 Å². The molecule has 0 aromatic carbocycles. The fourth-order valence-corrected chi connectivity index (χ4v) is 1.80. The van der Waals surface area contributed by atoms with Crippen LogP contribution in [0.4, 0.5) is 0 Å². The third kappa shape index (κ3) is 3.02. The number of aromatic amines is 1. The van der Waals surface area contributed by atoms with Crippen LogP contribution in [0.25, 0.3) is 11.5 Å². The molecule has 108 valence electrons. The van der Waals surface area contributed by atoms with Crippen LogP contribution >= 0.6 is 12.2 Å². The molecule has 0 atom stereocenters. The van der Waals surface area contributed by atoms with E-state index < -0.39 is 0 Å². The van der Waals surface area contributed by atoms with Crippen LogP contribution in [0.5, 0.6) is 0 Å². The monoisotopic (exact) mass is 296 g/mol. The van der Waals surface area contributed by atoms with Crippen LogP contribution in [0.1, 0.15) is 25.5 Å². The standard InChI is InChI=1S/C12H16N4O3S/c1-7(2)9-6-8(10-13-14-12(20)19-10)11(17)16(15-9)4-5-18-3/h6-7H,4-5H2,1-3H3,(H,14,20). The molecule has 2 aromatic rings. The summed E-state index contributed by atoms with van der Waals surface area (Å²) in [6.07, 6.45) is 0. The summed E-state index contributed by atoms with van der Waals surface area (Å²) < 4.78 is 11.6. The summed E-state index contributed by atoms with van der Waals surface area (Å²) in [5.41, 5.74) is 0.837. The van der Waals surface area contributed by atoms with E-state index in [1.807, 2.05) is 13.8 Å². The van der Waals surface area contributed by atoms with Gasteiger partial charge in [0.2, 0.25) is 0 Å². The van der Waals surface area contributed by atoms with Gasteiger partial charge in [-0.2, -0.15) is 5.10 Å². The lowest BCUT2D eigenvalue weighted by molar-refractivity contribution is 0.181. The molecule has 2 heterocycles. The van der Waals surface area contributed by atoms with Gasteiger partial charge in [-0.05, 0) is 24.2 Å². The summed E-state index contributed by atoms with van der Waals surface area (Å²) in [5.74, 6) is 0.348. The maximum atomic E-state index is 12.4. The van der Waals surface area contributed by atoms with Crippen molar-refractivity contribution in [1.82, 2.24) is 20.0 Å². The average molecular weight is 296 g/mol. The number of hydrogen-bond acceptors (Lipinski definition) is 6. The lowest BCUT2D eigenvalue weighted by atomic mass is 10.1. The second kappa shape index (κ2) is 6.10. The number of H-pyrrole nitrogens is 1. The first-order chi connectivity index (χ1) is 9.52. The number of hydrogen-bond donors (Lipinski definition) is 1. The number of methoxy groups -OCH3 is 1. The smallest absolute Gasteiger partial charge is 0.284 e. The summed E-state index contributed by atoms with van der Waals surface area (Å²) in [7, 11) is 1.57. The number of aromatic nitrogens is 4. The Morgan fingerprint density at radius 1 is 1.55 bits per heavy atom. The van der Waals surface area contributed by atoms with Gasteiger partial charge in [-0.3, -0.25) is 4.79 Å². The SMILES string of the molecule is COCCn1nc(C(C)C)cc(-c2n[nH]c(=S)o2)c1=O. The highest BCUT2D eigenvalue weighted by molar-refractivity contribution is 7.71. The molecule has 2 aromatic heterocycles. The van der Waals surface area contributed by atoms with Gasteiger partial charge in [0.1, 0.15) is 5.56 Å². The third-order valence-corrected chi connectivity index (χ3v) is 2.94. The van der Waals surface area contributed by atoms with E-state index in [4.69, 9.17) is 21.4 Å². The quantitative estimate of drug-likeness (QED) is 0.846. The maximum absolute atomic E-state index is 12.4. The summed E-state index contributed by atoms with van der Waals surface area (Å²) in [5, 5.41) is 10.7. The normalized spacial score (nSPS) is 11.2. The molecule has 0 aliphatic carbocycles. The third-order valence-electron chi connectivity index (χ3n) is 2.76. The van der Waals surface area contributed by atoms with E-state index >= 15 is 0 Å². The van der Waals surface area contributed by atoms with Crippen LogP contribution in [0.3, 0.4) is 0 Å². The second-order valence-electron chi connectivity index (χ2n) is 4.58. The van der Waals surface area contributed by atoms with Crippen molar-refractivity contribution in [3.05, 3.63) is 27.0 Å². The lowest BCUT2D eigenvalue weighted by Gasteiger charge is -2.10. The Hall–Kier alpha value is -1.80. The van der Waals surface area contributed by atoms with Crippen LogP contribution in [0, 0.1) is 4.84 Å². The van der Waals surface area contributed by atoms with E-state index in [9.17, 15) is 4.79 Å². The van der Waals surface area contributed by atoms with Gasteiger partial charge >= 0.3 is 0 Å².